The molecule has 0 radical (unpaired) electrons. The Morgan fingerprint density at radius 3 is 2.57 bits per heavy atom. The number of nitrogens with two attached hydrogens (primary N) is 1. The summed E-state index contributed by atoms with van der Waals surface area (Å²) in [6.45, 7) is 0. The maximum absolute atomic E-state index is 12.2. The quantitative estimate of drug-likeness (QED) is 0.508. The van der Waals surface area contributed by atoms with E-state index in [0.29, 0.717) is 5.69 Å². The molecule has 2 rings (SSSR count). The van der Waals surface area contributed by atoms with Gasteiger partial charge < -0.3 is 5.73 Å². The highest BCUT2D eigenvalue weighted by Gasteiger charge is 2.18. The summed E-state index contributed by atoms with van der Waals surface area (Å²) in [5.74, 6) is 0. The van der Waals surface area contributed by atoms with Crippen LogP contribution in [-0.4, -0.2) is 13.3 Å². The Kier molecular flexibility index (Phi) is 4.01. The zero-order chi connectivity index (χ0) is 15.6. The second-order valence-corrected chi connectivity index (χ2v) is 6.19. The molecule has 0 saturated heterocycles. The SMILES string of the molecule is Nc1ccc(Cl)c(NS(=O)(=O)c2cccc([N+](=O)[O-])c2)c1. The van der Waals surface area contributed by atoms with E-state index in [9.17, 15) is 18.5 Å². The first-order chi connectivity index (χ1) is 9.79. The molecule has 0 aliphatic heterocycles. The number of non-ortho nitro benzene ring substituents is 1. The van der Waals surface area contributed by atoms with Crippen LogP contribution in [0.25, 0.3) is 0 Å². The van der Waals surface area contributed by atoms with E-state index in [-0.39, 0.29) is 21.3 Å². The van der Waals surface area contributed by atoms with Gasteiger partial charge in [-0.25, -0.2) is 8.42 Å². The first kappa shape index (κ1) is 15.1. The molecule has 0 fully saturated rings. The highest BCUT2D eigenvalue weighted by molar-refractivity contribution is 7.92. The third-order valence-corrected chi connectivity index (χ3v) is 4.27. The number of rotatable bonds is 4. The van der Waals surface area contributed by atoms with Crippen molar-refractivity contribution < 1.29 is 13.3 Å². The van der Waals surface area contributed by atoms with Gasteiger partial charge in [0.2, 0.25) is 0 Å². The molecule has 3 N–H and O–H groups in total. The zero-order valence-electron chi connectivity index (χ0n) is 10.5. The third kappa shape index (κ3) is 3.41. The van der Waals surface area contributed by atoms with Crippen molar-refractivity contribution in [1.82, 2.24) is 0 Å². The van der Waals surface area contributed by atoms with Crippen molar-refractivity contribution in [3.8, 4) is 0 Å². The number of sulfonamides is 1. The van der Waals surface area contributed by atoms with Gasteiger partial charge in [0.15, 0.2) is 0 Å². The number of nitrogens with zero attached hydrogens (tertiary/aromatic N) is 1. The Balaban J connectivity index is 2.41. The summed E-state index contributed by atoms with van der Waals surface area (Å²) < 4.78 is 26.7. The predicted octanol–water partition coefficient (Wildman–Crippen LogP) is 2.63. The van der Waals surface area contributed by atoms with Crippen molar-refractivity contribution in [2.45, 2.75) is 4.90 Å². The number of nitro groups is 1. The molecule has 0 heterocycles. The lowest BCUT2D eigenvalue weighted by Gasteiger charge is -2.10. The monoisotopic (exact) mass is 327 g/mol. The van der Waals surface area contributed by atoms with Crippen molar-refractivity contribution in [2.75, 3.05) is 10.5 Å². The van der Waals surface area contributed by atoms with Crippen molar-refractivity contribution in [2.24, 2.45) is 0 Å². The van der Waals surface area contributed by atoms with Crippen LogP contribution in [0.1, 0.15) is 0 Å². The van der Waals surface area contributed by atoms with E-state index >= 15 is 0 Å². The van der Waals surface area contributed by atoms with E-state index in [1.165, 1.54) is 36.4 Å². The van der Waals surface area contributed by atoms with Crippen LogP contribution in [0.5, 0.6) is 0 Å². The van der Waals surface area contributed by atoms with Crippen LogP contribution >= 0.6 is 11.6 Å². The minimum atomic E-state index is -4.00. The average molecular weight is 328 g/mol. The molecule has 0 aliphatic rings. The van der Waals surface area contributed by atoms with Crippen LogP contribution in [0, 0.1) is 10.1 Å². The number of halogens is 1. The number of nitrogens with one attached hydrogen (secondary N) is 1. The number of anilines is 2. The molecule has 110 valence electrons. The second-order valence-electron chi connectivity index (χ2n) is 4.10. The number of nitro benzene ring substituents is 1. The average Bonchev–Trinajstić information content (AvgIpc) is 2.43. The third-order valence-electron chi connectivity index (χ3n) is 2.57. The largest absolute Gasteiger partial charge is 0.399 e. The zero-order valence-corrected chi connectivity index (χ0v) is 12.1. The summed E-state index contributed by atoms with van der Waals surface area (Å²) >= 11 is 5.88. The maximum atomic E-state index is 12.2. The summed E-state index contributed by atoms with van der Waals surface area (Å²) in [7, 11) is -4.00. The molecule has 0 spiro atoms. The van der Waals surface area contributed by atoms with Gasteiger partial charge in [0.25, 0.3) is 15.7 Å². The predicted molar refractivity (Wildman–Crippen MR) is 79.8 cm³/mol. The number of nitrogen functional groups attached to an aromatic ring is 1. The summed E-state index contributed by atoms with van der Waals surface area (Å²) in [6.07, 6.45) is 0. The van der Waals surface area contributed by atoms with Crippen LogP contribution in [0.3, 0.4) is 0 Å². The molecule has 0 unspecified atom stereocenters. The molecule has 0 bridgehead atoms. The lowest BCUT2D eigenvalue weighted by molar-refractivity contribution is -0.385. The fourth-order valence-corrected chi connectivity index (χ4v) is 2.92. The lowest BCUT2D eigenvalue weighted by Crippen LogP contribution is -2.13. The fraction of sp³-hybridized carbons (Fsp3) is 0. The smallest absolute Gasteiger partial charge is 0.270 e. The first-order valence-electron chi connectivity index (χ1n) is 5.62. The first-order valence-corrected chi connectivity index (χ1v) is 7.48. The molecule has 0 atom stereocenters. The van der Waals surface area contributed by atoms with Gasteiger partial charge in [-0.1, -0.05) is 17.7 Å². The van der Waals surface area contributed by atoms with Gasteiger partial charge in [0, 0.05) is 17.8 Å². The fourth-order valence-electron chi connectivity index (χ4n) is 1.59. The second kappa shape index (κ2) is 5.58. The van der Waals surface area contributed by atoms with Crippen molar-refractivity contribution in [3.63, 3.8) is 0 Å². The minimum absolute atomic E-state index is 0.100. The topological polar surface area (TPSA) is 115 Å². The molecule has 0 saturated carbocycles. The van der Waals surface area contributed by atoms with Gasteiger partial charge in [-0.2, -0.15) is 0 Å². The Hall–Kier alpha value is -2.32. The van der Waals surface area contributed by atoms with Crippen molar-refractivity contribution in [1.29, 1.82) is 0 Å². The normalized spacial score (nSPS) is 11.1. The number of benzene rings is 2. The Morgan fingerprint density at radius 2 is 1.90 bits per heavy atom. The molecular weight excluding hydrogens is 318 g/mol. The van der Waals surface area contributed by atoms with Gasteiger partial charge >= 0.3 is 0 Å². The van der Waals surface area contributed by atoms with Crippen molar-refractivity contribution >= 4 is 38.7 Å². The van der Waals surface area contributed by atoms with Gasteiger partial charge in [-0.05, 0) is 24.3 Å². The Bertz CT molecular complexity index is 808. The highest BCUT2D eigenvalue weighted by Crippen LogP contribution is 2.27. The molecule has 21 heavy (non-hydrogen) atoms. The molecule has 2 aromatic carbocycles. The van der Waals surface area contributed by atoms with E-state index in [4.69, 9.17) is 17.3 Å². The van der Waals surface area contributed by atoms with E-state index in [1.807, 2.05) is 0 Å². The number of hydrogen-bond acceptors (Lipinski definition) is 5. The molecule has 0 aromatic heterocycles. The molecule has 0 amide bonds. The van der Waals surface area contributed by atoms with E-state index in [2.05, 4.69) is 4.72 Å². The van der Waals surface area contributed by atoms with Gasteiger partial charge in [0.1, 0.15) is 0 Å². The number of hydrogen-bond donors (Lipinski definition) is 2. The van der Waals surface area contributed by atoms with Gasteiger partial charge in [-0.15, -0.1) is 0 Å². The maximum Gasteiger partial charge on any atom is 0.270 e. The van der Waals surface area contributed by atoms with Crippen LogP contribution in [0.4, 0.5) is 17.1 Å². The van der Waals surface area contributed by atoms with Crippen LogP contribution < -0.4 is 10.5 Å². The Morgan fingerprint density at radius 1 is 1.19 bits per heavy atom. The van der Waals surface area contributed by atoms with E-state index in [0.717, 1.165) is 6.07 Å². The van der Waals surface area contributed by atoms with E-state index in [1.54, 1.807) is 0 Å². The summed E-state index contributed by atoms with van der Waals surface area (Å²) in [5.41, 5.74) is 5.67. The molecular formula is C12H10ClN3O4S. The standard InChI is InChI=1S/C12H10ClN3O4S/c13-11-5-4-8(14)6-12(11)15-21(19,20)10-3-1-2-9(7-10)16(17)18/h1-7,15H,14H2. The van der Waals surface area contributed by atoms with E-state index < -0.39 is 14.9 Å². The Labute approximate surface area is 125 Å². The van der Waals surface area contributed by atoms with Crippen LogP contribution in [-0.2, 0) is 10.0 Å². The van der Waals surface area contributed by atoms with Gasteiger partial charge in [-0.3, -0.25) is 14.8 Å². The summed E-state index contributed by atoms with van der Waals surface area (Å²) in [5, 5.41) is 10.9. The molecule has 7 nitrogen and oxygen atoms in total. The summed E-state index contributed by atoms with van der Waals surface area (Å²) in [4.78, 5) is 9.78. The molecule has 0 aliphatic carbocycles. The highest BCUT2D eigenvalue weighted by atomic mass is 35.5. The van der Waals surface area contributed by atoms with Gasteiger partial charge in [0.05, 0.1) is 20.5 Å². The molecule has 9 heteroatoms. The minimum Gasteiger partial charge on any atom is -0.399 e. The van der Waals surface area contributed by atoms with Crippen molar-refractivity contribution in [3.05, 3.63) is 57.6 Å². The van der Waals surface area contributed by atoms with Crippen LogP contribution in [0.15, 0.2) is 47.4 Å². The van der Waals surface area contributed by atoms with Crippen LogP contribution in [0.2, 0.25) is 5.02 Å². The summed E-state index contributed by atoms with van der Waals surface area (Å²) in [6, 6.07) is 9.02. The molecule has 2 aromatic rings. The lowest BCUT2D eigenvalue weighted by atomic mass is 10.3.